The molecule has 2 N–H and O–H groups in total. The molecule has 134 valence electrons. The van der Waals surface area contributed by atoms with E-state index in [1.807, 2.05) is 36.5 Å². The number of imide groups is 1. The Morgan fingerprint density at radius 1 is 1.24 bits per heavy atom. The zero-order chi connectivity index (χ0) is 18.6. The molecule has 1 aliphatic rings. The van der Waals surface area contributed by atoms with Gasteiger partial charge in [0.25, 0.3) is 5.91 Å². The van der Waals surface area contributed by atoms with Crippen LogP contribution in [0.1, 0.15) is 18.9 Å². The predicted octanol–water partition coefficient (Wildman–Crippen LogP) is 0.735. The number of nitrogens with zero attached hydrogens (tertiary/aromatic N) is 1. The smallest absolute Gasteiger partial charge is 0.321 e. The van der Waals surface area contributed by atoms with Crippen LogP contribution in [0.2, 0.25) is 0 Å². The van der Waals surface area contributed by atoms with Gasteiger partial charge in [0.1, 0.15) is 0 Å². The number of urea groups is 1. The first-order valence-electron chi connectivity index (χ1n) is 7.92. The van der Waals surface area contributed by atoms with Gasteiger partial charge in [0.05, 0.1) is 5.92 Å². The zero-order valence-electron chi connectivity index (χ0n) is 14.4. The highest BCUT2D eigenvalue weighted by Crippen LogP contribution is 2.26. The van der Waals surface area contributed by atoms with Gasteiger partial charge in [-0.05, 0) is 26.0 Å². The third-order valence-corrected chi connectivity index (χ3v) is 3.93. The van der Waals surface area contributed by atoms with Crippen LogP contribution in [0, 0.1) is 12.8 Å². The largest absolute Gasteiger partial charge is 0.452 e. The Balaban J connectivity index is 1.94. The fourth-order valence-electron chi connectivity index (χ4n) is 2.44. The van der Waals surface area contributed by atoms with Crippen LogP contribution in [0.25, 0.3) is 0 Å². The molecular weight excluding hydrogens is 326 g/mol. The molecule has 25 heavy (non-hydrogen) atoms. The summed E-state index contributed by atoms with van der Waals surface area (Å²) < 4.78 is 5.08. The number of carbonyl (C=O) groups excluding carboxylic acids is 4. The molecule has 2 atom stereocenters. The number of hydrogen-bond acceptors (Lipinski definition) is 5. The lowest BCUT2D eigenvalue weighted by atomic mass is 10.1. The fourth-order valence-corrected chi connectivity index (χ4v) is 2.44. The summed E-state index contributed by atoms with van der Waals surface area (Å²) in [6.45, 7) is 3.51. The third-order valence-electron chi connectivity index (χ3n) is 3.93. The van der Waals surface area contributed by atoms with Crippen LogP contribution in [0.5, 0.6) is 0 Å². The van der Waals surface area contributed by atoms with Crippen LogP contribution >= 0.6 is 0 Å². The summed E-state index contributed by atoms with van der Waals surface area (Å²) in [5, 5.41) is 4.26. The molecule has 1 fully saturated rings. The van der Waals surface area contributed by atoms with E-state index in [1.165, 1.54) is 18.9 Å². The average molecular weight is 347 g/mol. The number of nitrogens with one attached hydrogen (secondary N) is 2. The van der Waals surface area contributed by atoms with Gasteiger partial charge in [-0.15, -0.1) is 0 Å². The predicted molar refractivity (Wildman–Crippen MR) is 89.8 cm³/mol. The Hall–Kier alpha value is -2.90. The van der Waals surface area contributed by atoms with Crippen molar-refractivity contribution in [2.75, 3.05) is 18.5 Å². The highest BCUT2D eigenvalue weighted by molar-refractivity contribution is 6.00. The summed E-state index contributed by atoms with van der Waals surface area (Å²) in [6.07, 6.45) is -1.11. The molecule has 0 saturated carbocycles. The molecular formula is C17H21N3O5. The monoisotopic (exact) mass is 347 g/mol. The van der Waals surface area contributed by atoms with Crippen molar-refractivity contribution in [2.24, 2.45) is 5.92 Å². The van der Waals surface area contributed by atoms with Gasteiger partial charge in [-0.1, -0.05) is 17.7 Å². The van der Waals surface area contributed by atoms with E-state index in [9.17, 15) is 19.2 Å². The molecule has 1 heterocycles. The Morgan fingerprint density at radius 2 is 1.88 bits per heavy atom. The Kier molecular flexibility index (Phi) is 5.74. The van der Waals surface area contributed by atoms with Crippen molar-refractivity contribution in [1.82, 2.24) is 10.6 Å². The molecule has 0 aliphatic carbocycles. The van der Waals surface area contributed by atoms with Crippen molar-refractivity contribution >= 4 is 29.5 Å². The van der Waals surface area contributed by atoms with Gasteiger partial charge < -0.3 is 15.0 Å². The summed E-state index contributed by atoms with van der Waals surface area (Å²) in [5.74, 6) is -2.19. The lowest BCUT2D eigenvalue weighted by molar-refractivity contribution is -0.158. The first-order valence-corrected chi connectivity index (χ1v) is 7.92. The van der Waals surface area contributed by atoms with E-state index in [-0.39, 0.29) is 18.9 Å². The number of aryl methyl sites for hydroxylation is 1. The molecule has 1 saturated heterocycles. The van der Waals surface area contributed by atoms with Gasteiger partial charge in [0.2, 0.25) is 5.91 Å². The summed E-state index contributed by atoms with van der Waals surface area (Å²) >= 11 is 0. The topological polar surface area (TPSA) is 105 Å². The SMILES string of the molecule is CNC(=O)NC(=O)[C@H](C)OC(=O)[C@H]1CC(=O)N(c2ccc(C)cc2)C1. The standard InChI is InChI=1S/C17H21N3O5/c1-10-4-6-13(7-5-10)20-9-12(8-14(20)21)16(23)25-11(2)15(22)19-17(24)18-3/h4-7,11-12H,8-9H2,1-3H3,(H2,18,19,22,24)/t11-,12-/m0/s1. The minimum atomic E-state index is -1.13. The highest BCUT2D eigenvalue weighted by Gasteiger charge is 2.37. The van der Waals surface area contributed by atoms with Gasteiger partial charge in [-0.3, -0.25) is 19.7 Å². The number of benzene rings is 1. The van der Waals surface area contributed by atoms with E-state index < -0.39 is 29.9 Å². The molecule has 1 aromatic rings. The van der Waals surface area contributed by atoms with Crippen LogP contribution in [-0.2, 0) is 19.1 Å². The molecule has 8 nitrogen and oxygen atoms in total. The maximum atomic E-state index is 12.2. The Labute approximate surface area is 145 Å². The molecule has 2 rings (SSSR count). The molecule has 0 spiro atoms. The zero-order valence-corrected chi connectivity index (χ0v) is 14.4. The quantitative estimate of drug-likeness (QED) is 0.782. The van der Waals surface area contributed by atoms with Crippen LogP contribution in [-0.4, -0.2) is 43.5 Å². The van der Waals surface area contributed by atoms with Crippen molar-refractivity contribution < 1.29 is 23.9 Å². The third kappa shape index (κ3) is 4.56. The van der Waals surface area contributed by atoms with Crippen LogP contribution in [0.15, 0.2) is 24.3 Å². The van der Waals surface area contributed by atoms with Crippen LogP contribution < -0.4 is 15.5 Å². The maximum Gasteiger partial charge on any atom is 0.321 e. The number of hydrogen-bond donors (Lipinski definition) is 2. The van der Waals surface area contributed by atoms with Gasteiger partial charge in [0.15, 0.2) is 6.10 Å². The molecule has 1 aromatic carbocycles. The maximum absolute atomic E-state index is 12.2. The second-order valence-corrected chi connectivity index (χ2v) is 5.89. The van der Waals surface area contributed by atoms with Crippen LogP contribution in [0.4, 0.5) is 10.5 Å². The summed E-state index contributed by atoms with van der Waals surface area (Å²) in [5.41, 5.74) is 1.79. The van der Waals surface area contributed by atoms with E-state index in [4.69, 9.17) is 4.74 Å². The summed E-state index contributed by atoms with van der Waals surface area (Å²) in [7, 11) is 1.36. The number of anilines is 1. The van der Waals surface area contributed by atoms with Crippen molar-refractivity contribution in [1.29, 1.82) is 0 Å². The van der Waals surface area contributed by atoms with E-state index in [1.54, 1.807) is 0 Å². The van der Waals surface area contributed by atoms with Crippen molar-refractivity contribution in [3.63, 3.8) is 0 Å². The molecule has 0 radical (unpaired) electrons. The average Bonchev–Trinajstić information content (AvgIpc) is 2.97. The highest BCUT2D eigenvalue weighted by atomic mass is 16.5. The number of carbonyl (C=O) groups is 4. The molecule has 4 amide bonds. The number of esters is 1. The Bertz CT molecular complexity index is 686. The molecule has 0 bridgehead atoms. The van der Waals surface area contributed by atoms with Gasteiger partial charge in [-0.2, -0.15) is 0 Å². The van der Waals surface area contributed by atoms with E-state index in [0.29, 0.717) is 0 Å². The first-order chi connectivity index (χ1) is 11.8. The molecule has 0 aromatic heterocycles. The van der Waals surface area contributed by atoms with Gasteiger partial charge in [-0.25, -0.2) is 4.79 Å². The minimum Gasteiger partial charge on any atom is -0.452 e. The fraction of sp³-hybridized carbons (Fsp3) is 0.412. The van der Waals surface area contributed by atoms with Gasteiger partial charge in [0, 0.05) is 25.7 Å². The van der Waals surface area contributed by atoms with E-state index in [2.05, 4.69) is 5.32 Å². The first kappa shape index (κ1) is 18.4. The Morgan fingerprint density at radius 3 is 2.48 bits per heavy atom. The van der Waals surface area contributed by atoms with Crippen molar-refractivity contribution in [3.8, 4) is 0 Å². The van der Waals surface area contributed by atoms with Gasteiger partial charge >= 0.3 is 12.0 Å². The second kappa shape index (κ2) is 7.78. The van der Waals surface area contributed by atoms with Crippen LogP contribution in [0.3, 0.4) is 0 Å². The van der Waals surface area contributed by atoms with E-state index >= 15 is 0 Å². The number of ether oxygens (including phenoxy) is 1. The number of rotatable bonds is 4. The lowest BCUT2D eigenvalue weighted by Crippen LogP contribution is -2.44. The number of amides is 4. The van der Waals surface area contributed by atoms with E-state index in [0.717, 1.165) is 11.3 Å². The molecule has 8 heteroatoms. The summed E-state index contributed by atoms with van der Waals surface area (Å²) in [6, 6.07) is 6.73. The van der Waals surface area contributed by atoms with Crippen molar-refractivity contribution in [3.05, 3.63) is 29.8 Å². The lowest BCUT2D eigenvalue weighted by Gasteiger charge is -2.18. The normalized spacial score (nSPS) is 17.8. The second-order valence-electron chi connectivity index (χ2n) is 5.89. The molecule has 1 aliphatic heterocycles. The van der Waals surface area contributed by atoms with Crippen molar-refractivity contribution in [2.45, 2.75) is 26.4 Å². The summed E-state index contributed by atoms with van der Waals surface area (Å²) in [4.78, 5) is 48.7. The molecule has 0 unspecified atom stereocenters. The minimum absolute atomic E-state index is 0.0243.